The second kappa shape index (κ2) is 3.03. The number of hydrogen-bond acceptors (Lipinski definition) is 2. The van der Waals surface area contributed by atoms with Gasteiger partial charge in [0.05, 0.1) is 0 Å². The van der Waals surface area contributed by atoms with Crippen LogP contribution in [0.2, 0.25) is 0 Å². The maximum absolute atomic E-state index is 11.3. The fraction of sp³-hybridized carbons (Fsp3) is 0.500. The van der Waals surface area contributed by atoms with Gasteiger partial charge < -0.3 is 0 Å². The lowest BCUT2D eigenvalue weighted by atomic mass is 10.0. The van der Waals surface area contributed by atoms with Gasteiger partial charge in [0.1, 0.15) is 11.0 Å². The molecule has 1 aliphatic rings. The number of carbonyl (C=O) groups is 2. The van der Waals surface area contributed by atoms with Crippen molar-refractivity contribution in [3.05, 3.63) is 12.7 Å². The van der Waals surface area contributed by atoms with Gasteiger partial charge in [-0.1, -0.05) is 24.3 Å². The van der Waals surface area contributed by atoms with E-state index in [9.17, 15) is 9.59 Å². The Kier molecular flexibility index (Phi) is 2.34. The molecule has 1 rings (SSSR count). The minimum absolute atomic E-state index is 0.343. The lowest BCUT2D eigenvalue weighted by molar-refractivity contribution is -0.125. The highest BCUT2D eigenvalue weighted by Crippen LogP contribution is 2.25. The van der Waals surface area contributed by atoms with Crippen LogP contribution in [-0.4, -0.2) is 27.9 Å². The number of imide groups is 1. The van der Waals surface area contributed by atoms with Crippen LogP contribution in [0.25, 0.3) is 0 Å². The van der Waals surface area contributed by atoms with Crippen molar-refractivity contribution in [1.82, 2.24) is 10.2 Å². The molecular formula is C8H11ClN2O2. The van der Waals surface area contributed by atoms with Crippen LogP contribution in [-0.2, 0) is 4.79 Å². The van der Waals surface area contributed by atoms with Gasteiger partial charge in [0.25, 0.3) is 5.91 Å². The summed E-state index contributed by atoms with van der Waals surface area (Å²) in [5.74, 6) is -0.343. The van der Waals surface area contributed by atoms with E-state index in [1.54, 1.807) is 13.8 Å². The minimum atomic E-state index is -0.905. The van der Waals surface area contributed by atoms with Gasteiger partial charge in [-0.05, 0) is 13.8 Å². The molecule has 4 nitrogen and oxygen atoms in total. The topological polar surface area (TPSA) is 49.4 Å². The first kappa shape index (κ1) is 10.1. The number of carbonyl (C=O) groups excluding carboxylic acids is 2. The summed E-state index contributed by atoms with van der Waals surface area (Å²) in [5.41, 5.74) is -1.57. The van der Waals surface area contributed by atoms with Crippen LogP contribution in [0.1, 0.15) is 13.8 Å². The zero-order valence-electron chi connectivity index (χ0n) is 7.50. The first-order valence-electron chi connectivity index (χ1n) is 3.82. The zero-order valence-corrected chi connectivity index (χ0v) is 8.26. The molecule has 0 aromatic rings. The lowest BCUT2D eigenvalue weighted by Crippen LogP contribution is -2.47. The highest BCUT2D eigenvalue weighted by Gasteiger charge is 2.47. The molecule has 0 aromatic heterocycles. The molecule has 3 amide bonds. The quantitative estimate of drug-likeness (QED) is 0.315. The van der Waals surface area contributed by atoms with Crippen molar-refractivity contribution in [2.75, 3.05) is 0 Å². The van der Waals surface area contributed by atoms with Gasteiger partial charge in [-0.2, -0.15) is 0 Å². The molecule has 0 saturated carbocycles. The monoisotopic (exact) mass is 202 g/mol. The summed E-state index contributed by atoms with van der Waals surface area (Å²) in [6.07, 6.45) is 1.40. The number of alkyl halides is 1. The number of amides is 3. The summed E-state index contributed by atoms with van der Waals surface area (Å²) in [6, 6.07) is -0.477. The van der Waals surface area contributed by atoms with Gasteiger partial charge in [0.15, 0.2) is 0 Å². The Morgan fingerprint density at radius 2 is 2.15 bits per heavy atom. The van der Waals surface area contributed by atoms with Gasteiger partial charge in [0, 0.05) is 0 Å². The average Bonchev–Trinajstić information content (AvgIpc) is 2.21. The van der Waals surface area contributed by atoms with E-state index in [0.29, 0.717) is 0 Å². The number of urea groups is 1. The number of nitrogens with zero attached hydrogens (tertiary/aromatic N) is 1. The standard InChI is InChI=1S/C8H11ClN2O2/c1-4-5(9)11-7(13)10-6(12)8(11,2)3/h4-5H,1H2,2-3H3,(H,10,12,13). The Morgan fingerprint density at radius 1 is 1.62 bits per heavy atom. The number of hydrogen-bond donors (Lipinski definition) is 1. The van der Waals surface area contributed by atoms with E-state index >= 15 is 0 Å². The molecule has 1 heterocycles. The summed E-state index contributed by atoms with van der Waals surface area (Å²) in [5, 5.41) is 2.19. The Bertz CT molecular complexity index is 275. The molecule has 0 aliphatic carbocycles. The number of rotatable bonds is 2. The second-order valence-electron chi connectivity index (χ2n) is 3.30. The molecule has 72 valence electrons. The average molecular weight is 203 g/mol. The van der Waals surface area contributed by atoms with Crippen LogP contribution in [0.5, 0.6) is 0 Å². The molecule has 1 aliphatic heterocycles. The van der Waals surface area contributed by atoms with Crippen molar-refractivity contribution in [3.63, 3.8) is 0 Å². The summed E-state index contributed by atoms with van der Waals surface area (Å²) >= 11 is 5.81. The molecule has 1 saturated heterocycles. The Hall–Kier alpha value is -1.03. The largest absolute Gasteiger partial charge is 0.326 e. The summed E-state index contributed by atoms with van der Waals surface area (Å²) in [6.45, 7) is 6.73. The number of nitrogens with one attached hydrogen (secondary N) is 1. The fourth-order valence-corrected chi connectivity index (χ4v) is 1.53. The van der Waals surface area contributed by atoms with E-state index in [-0.39, 0.29) is 5.91 Å². The van der Waals surface area contributed by atoms with Crippen LogP contribution in [0.15, 0.2) is 12.7 Å². The molecule has 0 bridgehead atoms. The van der Waals surface area contributed by atoms with E-state index < -0.39 is 17.1 Å². The zero-order chi connectivity index (χ0) is 10.2. The first-order chi connectivity index (χ1) is 5.91. The lowest BCUT2D eigenvalue weighted by Gasteiger charge is -2.30. The van der Waals surface area contributed by atoms with E-state index in [2.05, 4.69) is 11.9 Å². The third-order valence-electron chi connectivity index (χ3n) is 2.04. The molecule has 1 unspecified atom stereocenters. The summed E-state index contributed by atoms with van der Waals surface area (Å²) in [7, 11) is 0. The van der Waals surface area contributed by atoms with E-state index in [0.717, 1.165) is 0 Å². The second-order valence-corrected chi connectivity index (χ2v) is 3.74. The third kappa shape index (κ3) is 1.42. The highest BCUT2D eigenvalue weighted by molar-refractivity contribution is 6.23. The maximum atomic E-state index is 11.3. The van der Waals surface area contributed by atoms with Crippen molar-refractivity contribution in [3.8, 4) is 0 Å². The Balaban J connectivity index is 3.01. The van der Waals surface area contributed by atoms with E-state index in [4.69, 9.17) is 11.6 Å². The van der Waals surface area contributed by atoms with Crippen molar-refractivity contribution in [1.29, 1.82) is 0 Å². The van der Waals surface area contributed by atoms with Crippen molar-refractivity contribution in [2.24, 2.45) is 0 Å². The van der Waals surface area contributed by atoms with Gasteiger partial charge in [0.2, 0.25) is 0 Å². The molecule has 0 aromatic carbocycles. The van der Waals surface area contributed by atoms with Crippen LogP contribution < -0.4 is 5.32 Å². The van der Waals surface area contributed by atoms with Crippen LogP contribution in [0, 0.1) is 0 Å². The molecule has 0 spiro atoms. The van der Waals surface area contributed by atoms with Gasteiger partial charge in [-0.3, -0.25) is 15.0 Å². The minimum Gasteiger partial charge on any atom is -0.290 e. The third-order valence-corrected chi connectivity index (χ3v) is 2.41. The molecule has 1 atom stereocenters. The van der Waals surface area contributed by atoms with Gasteiger partial charge in [-0.25, -0.2) is 4.79 Å². The van der Waals surface area contributed by atoms with Crippen LogP contribution in [0.3, 0.4) is 0 Å². The first-order valence-corrected chi connectivity index (χ1v) is 4.26. The molecule has 0 radical (unpaired) electrons. The van der Waals surface area contributed by atoms with Gasteiger partial charge >= 0.3 is 6.03 Å². The Morgan fingerprint density at radius 3 is 2.46 bits per heavy atom. The van der Waals surface area contributed by atoms with Crippen molar-refractivity contribution < 1.29 is 9.59 Å². The Labute approximate surface area is 81.5 Å². The molecule has 13 heavy (non-hydrogen) atoms. The van der Waals surface area contributed by atoms with Gasteiger partial charge in [-0.15, -0.1) is 0 Å². The molecular weight excluding hydrogens is 192 g/mol. The van der Waals surface area contributed by atoms with E-state index in [1.165, 1.54) is 11.0 Å². The van der Waals surface area contributed by atoms with Crippen LogP contribution in [0.4, 0.5) is 4.79 Å². The molecule has 1 N–H and O–H groups in total. The van der Waals surface area contributed by atoms with E-state index in [1.807, 2.05) is 0 Å². The summed E-state index contributed by atoms with van der Waals surface area (Å²) < 4.78 is 0. The SMILES string of the molecule is C=CC(Cl)N1C(=O)NC(=O)C1(C)C. The fourth-order valence-electron chi connectivity index (χ4n) is 1.20. The molecule has 5 heteroatoms. The van der Waals surface area contributed by atoms with Crippen LogP contribution >= 0.6 is 11.6 Å². The predicted octanol–water partition coefficient (Wildman–Crippen LogP) is 1.07. The number of halogens is 1. The smallest absolute Gasteiger partial charge is 0.290 e. The summed E-state index contributed by atoms with van der Waals surface area (Å²) in [4.78, 5) is 23.8. The maximum Gasteiger partial charge on any atom is 0.326 e. The normalized spacial score (nSPS) is 22.8. The van der Waals surface area contributed by atoms with Crippen molar-refractivity contribution >= 4 is 23.5 Å². The highest BCUT2D eigenvalue weighted by atomic mass is 35.5. The predicted molar refractivity (Wildman–Crippen MR) is 49.3 cm³/mol. The van der Waals surface area contributed by atoms with Crippen molar-refractivity contribution in [2.45, 2.75) is 24.9 Å². The molecule has 1 fully saturated rings.